The summed E-state index contributed by atoms with van der Waals surface area (Å²) in [7, 11) is 0. The fraction of sp³-hybridized carbons (Fsp3) is 0.600. The first-order valence-corrected chi connectivity index (χ1v) is 9.37. The first-order chi connectivity index (χ1) is 12.2. The van der Waals surface area contributed by atoms with E-state index in [2.05, 4.69) is 0 Å². The molecule has 142 valence electrons. The summed E-state index contributed by atoms with van der Waals surface area (Å²) in [6, 6.07) is 7.67. The molecule has 0 bridgehead atoms. The van der Waals surface area contributed by atoms with Crippen LogP contribution in [0.15, 0.2) is 30.3 Å². The Morgan fingerprint density at radius 2 is 1.62 bits per heavy atom. The van der Waals surface area contributed by atoms with E-state index >= 15 is 0 Å². The van der Waals surface area contributed by atoms with Crippen LogP contribution in [0.25, 0.3) is 6.08 Å². The SMILES string of the molecule is CC1(C)O[C@@H]2[C@H](O1)[C@@H](/C=C/c1ccc(Cl)cc1)O[C@@H]2[C@H]1COC(C)(C)O1. The lowest BCUT2D eigenvalue weighted by Crippen LogP contribution is -2.40. The lowest BCUT2D eigenvalue weighted by atomic mass is 10.0. The third-order valence-corrected chi connectivity index (χ3v) is 5.12. The lowest BCUT2D eigenvalue weighted by Gasteiger charge is -2.26. The van der Waals surface area contributed by atoms with E-state index < -0.39 is 11.6 Å². The number of hydrogen-bond donors (Lipinski definition) is 0. The number of hydrogen-bond acceptors (Lipinski definition) is 5. The molecule has 1 aromatic rings. The molecule has 0 aromatic heterocycles. The minimum absolute atomic E-state index is 0.175. The number of halogens is 1. The van der Waals surface area contributed by atoms with E-state index in [0.717, 1.165) is 10.6 Å². The van der Waals surface area contributed by atoms with Gasteiger partial charge in [-0.05, 0) is 45.4 Å². The number of rotatable bonds is 3. The zero-order valence-electron chi connectivity index (χ0n) is 15.5. The van der Waals surface area contributed by atoms with Crippen LogP contribution >= 0.6 is 11.6 Å². The molecule has 0 spiro atoms. The molecule has 5 atom stereocenters. The van der Waals surface area contributed by atoms with Gasteiger partial charge < -0.3 is 23.7 Å². The molecule has 3 fully saturated rings. The monoisotopic (exact) mass is 380 g/mol. The normalized spacial score (nSPS) is 38.1. The van der Waals surface area contributed by atoms with Crippen molar-refractivity contribution in [3.05, 3.63) is 40.9 Å². The van der Waals surface area contributed by atoms with Crippen molar-refractivity contribution in [2.45, 2.75) is 69.8 Å². The number of ether oxygens (including phenoxy) is 5. The van der Waals surface area contributed by atoms with Gasteiger partial charge in [0.25, 0.3) is 0 Å². The molecular weight excluding hydrogens is 356 g/mol. The van der Waals surface area contributed by atoms with Crippen LogP contribution in [-0.4, -0.2) is 48.7 Å². The standard InChI is InChI=1S/C20H25ClO5/c1-19(2)22-11-15(24-19)16-18-17(25-20(3,4)26-18)14(23-16)10-7-12-5-8-13(21)9-6-12/h5-10,14-18H,11H2,1-4H3/b10-7+/t14-,15-,16-,17-,18+/m1/s1. The summed E-state index contributed by atoms with van der Waals surface area (Å²) in [6.07, 6.45) is 3.05. The lowest BCUT2D eigenvalue weighted by molar-refractivity contribution is -0.201. The van der Waals surface area contributed by atoms with Crippen LogP contribution in [0.4, 0.5) is 0 Å². The minimum atomic E-state index is -0.640. The Bertz CT molecular complexity index is 684. The van der Waals surface area contributed by atoms with Crippen molar-refractivity contribution in [1.29, 1.82) is 0 Å². The highest BCUT2D eigenvalue weighted by Crippen LogP contribution is 2.42. The molecule has 3 saturated heterocycles. The maximum absolute atomic E-state index is 6.28. The fourth-order valence-corrected chi connectivity index (χ4v) is 3.90. The molecule has 0 unspecified atom stereocenters. The van der Waals surface area contributed by atoms with Crippen molar-refractivity contribution in [1.82, 2.24) is 0 Å². The highest BCUT2D eigenvalue weighted by Gasteiger charge is 2.58. The first-order valence-electron chi connectivity index (χ1n) is 8.99. The molecular formula is C20H25ClO5. The fourth-order valence-electron chi connectivity index (χ4n) is 3.77. The van der Waals surface area contributed by atoms with Crippen LogP contribution in [0.2, 0.25) is 5.02 Å². The molecule has 5 nitrogen and oxygen atoms in total. The van der Waals surface area contributed by atoms with Gasteiger partial charge in [-0.2, -0.15) is 0 Å². The minimum Gasteiger partial charge on any atom is -0.362 e. The summed E-state index contributed by atoms with van der Waals surface area (Å²) in [6.45, 7) is 8.16. The Balaban J connectivity index is 1.53. The second-order valence-corrected chi connectivity index (χ2v) is 8.34. The van der Waals surface area contributed by atoms with E-state index in [-0.39, 0.29) is 30.5 Å². The van der Waals surface area contributed by atoms with Crippen molar-refractivity contribution >= 4 is 17.7 Å². The van der Waals surface area contributed by atoms with Crippen LogP contribution in [-0.2, 0) is 23.7 Å². The van der Waals surface area contributed by atoms with Gasteiger partial charge in [0.05, 0.1) is 6.61 Å². The van der Waals surface area contributed by atoms with Crippen molar-refractivity contribution < 1.29 is 23.7 Å². The van der Waals surface area contributed by atoms with E-state index in [1.54, 1.807) is 0 Å². The van der Waals surface area contributed by atoms with Crippen LogP contribution < -0.4 is 0 Å². The van der Waals surface area contributed by atoms with Gasteiger partial charge in [0, 0.05) is 5.02 Å². The van der Waals surface area contributed by atoms with Gasteiger partial charge in [0.15, 0.2) is 11.6 Å². The topological polar surface area (TPSA) is 46.2 Å². The van der Waals surface area contributed by atoms with E-state index in [4.69, 9.17) is 35.3 Å². The Morgan fingerprint density at radius 3 is 2.27 bits per heavy atom. The van der Waals surface area contributed by atoms with Gasteiger partial charge in [-0.1, -0.05) is 35.9 Å². The second-order valence-electron chi connectivity index (χ2n) is 7.91. The molecule has 26 heavy (non-hydrogen) atoms. The Hall–Kier alpha value is -0.950. The molecule has 0 N–H and O–H groups in total. The van der Waals surface area contributed by atoms with Crippen molar-refractivity contribution in [3.63, 3.8) is 0 Å². The third-order valence-electron chi connectivity index (χ3n) is 4.87. The van der Waals surface area contributed by atoms with E-state index in [1.165, 1.54) is 0 Å². The molecule has 0 aliphatic carbocycles. The summed E-state index contributed by atoms with van der Waals surface area (Å²) in [5.41, 5.74) is 1.05. The molecule has 1 aromatic carbocycles. The van der Waals surface area contributed by atoms with Gasteiger partial charge in [-0.3, -0.25) is 0 Å². The Labute approximate surface area is 159 Å². The average Bonchev–Trinajstić information content (AvgIpc) is 3.17. The zero-order chi connectivity index (χ0) is 18.5. The van der Waals surface area contributed by atoms with Crippen LogP contribution in [0.3, 0.4) is 0 Å². The molecule has 3 heterocycles. The number of fused-ring (bicyclic) bond motifs is 1. The zero-order valence-corrected chi connectivity index (χ0v) is 16.2. The number of benzene rings is 1. The maximum atomic E-state index is 6.28. The molecule has 4 rings (SSSR count). The van der Waals surface area contributed by atoms with Crippen LogP contribution in [0, 0.1) is 0 Å². The molecule has 3 aliphatic heterocycles. The van der Waals surface area contributed by atoms with E-state index in [0.29, 0.717) is 6.61 Å². The summed E-state index contributed by atoms with van der Waals surface area (Å²) in [4.78, 5) is 0. The quantitative estimate of drug-likeness (QED) is 0.798. The molecule has 0 amide bonds. The average molecular weight is 381 g/mol. The highest BCUT2D eigenvalue weighted by atomic mass is 35.5. The van der Waals surface area contributed by atoms with Gasteiger partial charge in [-0.25, -0.2) is 0 Å². The first kappa shape index (κ1) is 18.4. The highest BCUT2D eigenvalue weighted by molar-refractivity contribution is 6.30. The van der Waals surface area contributed by atoms with Gasteiger partial charge in [0.1, 0.15) is 30.5 Å². The third kappa shape index (κ3) is 3.70. The summed E-state index contributed by atoms with van der Waals surface area (Å²) in [5.74, 6) is -1.24. The maximum Gasteiger partial charge on any atom is 0.164 e. The van der Waals surface area contributed by atoms with Crippen LogP contribution in [0.5, 0.6) is 0 Å². The summed E-state index contributed by atoms with van der Waals surface area (Å²) in [5, 5.41) is 0.717. The predicted molar refractivity (Wildman–Crippen MR) is 97.9 cm³/mol. The van der Waals surface area contributed by atoms with Crippen molar-refractivity contribution in [3.8, 4) is 0 Å². The van der Waals surface area contributed by atoms with Crippen LogP contribution in [0.1, 0.15) is 33.3 Å². The van der Waals surface area contributed by atoms with Gasteiger partial charge in [0.2, 0.25) is 0 Å². The molecule has 0 saturated carbocycles. The van der Waals surface area contributed by atoms with Crippen molar-refractivity contribution in [2.24, 2.45) is 0 Å². The van der Waals surface area contributed by atoms with E-state index in [1.807, 2.05) is 64.1 Å². The smallest absolute Gasteiger partial charge is 0.164 e. The second kappa shape index (κ2) is 6.59. The molecule has 0 radical (unpaired) electrons. The summed E-state index contributed by atoms with van der Waals surface area (Å²) < 4.78 is 30.2. The molecule has 6 heteroatoms. The Morgan fingerprint density at radius 1 is 0.923 bits per heavy atom. The Kier molecular flexibility index (Phi) is 4.66. The molecule has 3 aliphatic rings. The summed E-state index contributed by atoms with van der Waals surface area (Å²) >= 11 is 5.95. The largest absolute Gasteiger partial charge is 0.362 e. The van der Waals surface area contributed by atoms with Gasteiger partial charge >= 0.3 is 0 Å². The van der Waals surface area contributed by atoms with Crippen molar-refractivity contribution in [2.75, 3.05) is 6.61 Å². The van der Waals surface area contributed by atoms with E-state index in [9.17, 15) is 0 Å². The van der Waals surface area contributed by atoms with Gasteiger partial charge in [-0.15, -0.1) is 0 Å². The predicted octanol–water partition coefficient (Wildman–Crippen LogP) is 3.79.